The predicted molar refractivity (Wildman–Crippen MR) is 83.0 cm³/mol. The van der Waals surface area contributed by atoms with Gasteiger partial charge in [0.25, 0.3) is 5.91 Å². The molecule has 1 aromatic rings. The molecule has 0 aliphatic carbocycles. The van der Waals surface area contributed by atoms with Crippen LogP contribution in [-0.4, -0.2) is 47.7 Å². The number of hydrogen-bond acceptors (Lipinski definition) is 4. The van der Waals surface area contributed by atoms with Crippen LogP contribution in [0.3, 0.4) is 0 Å². The van der Waals surface area contributed by atoms with Crippen LogP contribution in [0, 0.1) is 0 Å². The van der Waals surface area contributed by atoms with Gasteiger partial charge >= 0.3 is 5.97 Å². The normalized spacial score (nSPS) is 11.1. The lowest BCUT2D eigenvalue weighted by Crippen LogP contribution is -2.51. The van der Waals surface area contributed by atoms with Gasteiger partial charge in [-0.2, -0.15) is 0 Å². The third-order valence-electron chi connectivity index (χ3n) is 3.20. The van der Waals surface area contributed by atoms with E-state index in [4.69, 9.17) is 0 Å². The van der Waals surface area contributed by atoms with Gasteiger partial charge in [0.2, 0.25) is 0 Å². The van der Waals surface area contributed by atoms with Crippen molar-refractivity contribution in [3.63, 3.8) is 0 Å². The number of halogens is 1. The molecule has 21 heavy (non-hydrogen) atoms. The Morgan fingerprint density at radius 1 is 1.38 bits per heavy atom. The summed E-state index contributed by atoms with van der Waals surface area (Å²) in [4.78, 5) is 25.5. The van der Waals surface area contributed by atoms with Crippen molar-refractivity contribution in [3.05, 3.63) is 34.3 Å². The zero-order valence-electron chi connectivity index (χ0n) is 12.4. The van der Waals surface area contributed by atoms with E-state index in [2.05, 4.69) is 20.7 Å². The summed E-state index contributed by atoms with van der Waals surface area (Å²) in [5.74, 6) is -0.630. The number of benzene rings is 1. The van der Waals surface area contributed by atoms with Crippen LogP contribution in [0.15, 0.2) is 28.7 Å². The fourth-order valence-corrected chi connectivity index (χ4v) is 2.25. The molecule has 0 saturated heterocycles. The number of carbonyl (C=O) groups excluding carboxylic acids is 2. The highest BCUT2D eigenvalue weighted by atomic mass is 79.9. The van der Waals surface area contributed by atoms with E-state index in [1.54, 1.807) is 32.0 Å². The molecule has 5 nitrogen and oxygen atoms in total. The van der Waals surface area contributed by atoms with Crippen molar-refractivity contribution in [2.75, 3.05) is 20.3 Å². The van der Waals surface area contributed by atoms with Crippen molar-refractivity contribution in [2.24, 2.45) is 0 Å². The van der Waals surface area contributed by atoms with Crippen molar-refractivity contribution in [2.45, 2.75) is 25.8 Å². The molecule has 1 aromatic carbocycles. The van der Waals surface area contributed by atoms with E-state index >= 15 is 0 Å². The standard InChI is InChI=1S/C15H20BrNO4/c1-15(2,10-18)17(8-7-13(19)21-3)14(20)11-5-4-6-12(16)9-11/h4-6,9,18H,7-8,10H2,1-3H3. The molecule has 1 amide bonds. The molecule has 1 rings (SSSR count). The number of methoxy groups -OCH3 is 1. The van der Waals surface area contributed by atoms with Crippen LogP contribution in [0.25, 0.3) is 0 Å². The number of esters is 1. The number of aliphatic hydroxyl groups is 1. The summed E-state index contributed by atoms with van der Waals surface area (Å²) in [5.41, 5.74) is -0.274. The lowest BCUT2D eigenvalue weighted by atomic mass is 10.0. The van der Waals surface area contributed by atoms with Crippen LogP contribution in [0.5, 0.6) is 0 Å². The highest BCUT2D eigenvalue weighted by Gasteiger charge is 2.31. The first-order chi connectivity index (χ1) is 9.81. The summed E-state index contributed by atoms with van der Waals surface area (Å²) < 4.78 is 5.40. The van der Waals surface area contributed by atoms with E-state index in [1.165, 1.54) is 12.0 Å². The number of aliphatic hydroxyl groups excluding tert-OH is 1. The van der Waals surface area contributed by atoms with E-state index in [9.17, 15) is 14.7 Å². The molecular formula is C15H20BrNO4. The van der Waals surface area contributed by atoms with Gasteiger partial charge in [-0.15, -0.1) is 0 Å². The number of ether oxygens (including phenoxy) is 1. The second kappa shape index (κ2) is 7.56. The number of amides is 1. The minimum atomic E-state index is -0.770. The van der Waals surface area contributed by atoms with Crippen molar-refractivity contribution in [1.82, 2.24) is 4.90 Å². The van der Waals surface area contributed by atoms with Crippen LogP contribution in [0.2, 0.25) is 0 Å². The Kier molecular flexibility index (Phi) is 6.36. The van der Waals surface area contributed by atoms with E-state index in [1.807, 2.05) is 6.07 Å². The fourth-order valence-electron chi connectivity index (χ4n) is 1.85. The summed E-state index contributed by atoms with van der Waals surface area (Å²) in [5, 5.41) is 9.52. The van der Waals surface area contributed by atoms with E-state index in [0.717, 1.165) is 4.47 Å². The molecule has 116 valence electrons. The highest BCUT2D eigenvalue weighted by molar-refractivity contribution is 9.10. The highest BCUT2D eigenvalue weighted by Crippen LogP contribution is 2.20. The van der Waals surface area contributed by atoms with E-state index in [0.29, 0.717) is 5.56 Å². The minimum absolute atomic E-state index is 0.0830. The summed E-state index contributed by atoms with van der Waals surface area (Å²) in [6, 6.07) is 7.00. The van der Waals surface area contributed by atoms with Crippen molar-refractivity contribution >= 4 is 27.8 Å². The minimum Gasteiger partial charge on any atom is -0.469 e. The van der Waals surface area contributed by atoms with Crippen molar-refractivity contribution in [3.8, 4) is 0 Å². The lowest BCUT2D eigenvalue weighted by molar-refractivity contribution is -0.141. The third kappa shape index (κ3) is 4.82. The summed E-state index contributed by atoms with van der Waals surface area (Å²) in [6.07, 6.45) is 0.0830. The van der Waals surface area contributed by atoms with Gasteiger partial charge in [0.05, 0.1) is 25.7 Å². The molecule has 0 fully saturated rings. The molecular weight excluding hydrogens is 338 g/mol. The molecule has 0 radical (unpaired) electrons. The summed E-state index contributed by atoms with van der Waals surface area (Å²) in [6.45, 7) is 3.49. The lowest BCUT2D eigenvalue weighted by Gasteiger charge is -2.37. The van der Waals surface area contributed by atoms with Gasteiger partial charge in [-0.1, -0.05) is 22.0 Å². The first-order valence-corrected chi connectivity index (χ1v) is 7.36. The number of carbonyl (C=O) groups is 2. The predicted octanol–water partition coefficient (Wildman–Crippen LogP) is 2.23. The van der Waals surface area contributed by atoms with Crippen LogP contribution < -0.4 is 0 Å². The van der Waals surface area contributed by atoms with Crippen LogP contribution in [0.4, 0.5) is 0 Å². The Balaban J connectivity index is 3.00. The third-order valence-corrected chi connectivity index (χ3v) is 3.69. The van der Waals surface area contributed by atoms with Gasteiger partial charge in [0, 0.05) is 16.6 Å². The molecule has 0 atom stereocenters. The summed E-state index contributed by atoms with van der Waals surface area (Å²) >= 11 is 3.33. The smallest absolute Gasteiger partial charge is 0.307 e. The van der Waals surface area contributed by atoms with Gasteiger partial charge in [0.1, 0.15) is 0 Å². The van der Waals surface area contributed by atoms with Crippen molar-refractivity contribution < 1.29 is 19.4 Å². The molecule has 0 saturated carbocycles. The van der Waals surface area contributed by atoms with E-state index in [-0.39, 0.29) is 25.5 Å². The Bertz CT molecular complexity index is 516. The zero-order chi connectivity index (χ0) is 16.0. The van der Waals surface area contributed by atoms with Gasteiger partial charge in [-0.05, 0) is 32.0 Å². The molecule has 0 spiro atoms. The molecule has 0 unspecified atom stereocenters. The van der Waals surface area contributed by atoms with Crippen molar-refractivity contribution in [1.29, 1.82) is 0 Å². The van der Waals surface area contributed by atoms with Crippen LogP contribution in [0.1, 0.15) is 30.6 Å². The Morgan fingerprint density at radius 3 is 2.57 bits per heavy atom. The molecule has 0 aromatic heterocycles. The van der Waals surface area contributed by atoms with E-state index < -0.39 is 11.5 Å². The van der Waals surface area contributed by atoms with Gasteiger partial charge < -0.3 is 14.7 Å². The molecule has 0 aliphatic heterocycles. The molecule has 1 N–H and O–H groups in total. The van der Waals surface area contributed by atoms with Crippen LogP contribution in [-0.2, 0) is 9.53 Å². The molecule has 6 heteroatoms. The van der Waals surface area contributed by atoms with Gasteiger partial charge in [-0.3, -0.25) is 9.59 Å². The maximum Gasteiger partial charge on any atom is 0.307 e. The van der Waals surface area contributed by atoms with Crippen LogP contribution >= 0.6 is 15.9 Å². The SMILES string of the molecule is COC(=O)CCN(C(=O)c1cccc(Br)c1)C(C)(C)CO. The second-order valence-electron chi connectivity index (χ2n) is 5.26. The molecule has 0 bridgehead atoms. The largest absolute Gasteiger partial charge is 0.469 e. The number of rotatable bonds is 6. The first-order valence-electron chi connectivity index (χ1n) is 6.57. The second-order valence-corrected chi connectivity index (χ2v) is 6.18. The monoisotopic (exact) mass is 357 g/mol. The van der Waals surface area contributed by atoms with Gasteiger partial charge in [-0.25, -0.2) is 0 Å². The quantitative estimate of drug-likeness (QED) is 0.792. The molecule has 0 heterocycles. The first kappa shape index (κ1) is 17.7. The van der Waals surface area contributed by atoms with Gasteiger partial charge in [0.15, 0.2) is 0 Å². The summed E-state index contributed by atoms with van der Waals surface area (Å²) in [7, 11) is 1.31. The topological polar surface area (TPSA) is 66.8 Å². The average molecular weight is 358 g/mol. The maximum absolute atomic E-state index is 12.6. The Hall–Kier alpha value is -1.40. The number of nitrogens with zero attached hydrogens (tertiary/aromatic N) is 1. The zero-order valence-corrected chi connectivity index (χ0v) is 14.0. The average Bonchev–Trinajstić information content (AvgIpc) is 2.46. The number of hydrogen-bond donors (Lipinski definition) is 1. The fraction of sp³-hybridized carbons (Fsp3) is 0.467. The maximum atomic E-state index is 12.6. The molecule has 0 aliphatic rings. The Morgan fingerprint density at radius 2 is 2.05 bits per heavy atom. The Labute approximate surface area is 133 Å².